The molecule has 4 atom stereocenters. The van der Waals surface area contributed by atoms with Gasteiger partial charge in [-0.2, -0.15) is 0 Å². The summed E-state index contributed by atoms with van der Waals surface area (Å²) in [4.78, 5) is 2.64. The molecule has 3 aliphatic heterocycles. The van der Waals surface area contributed by atoms with E-state index < -0.39 is 0 Å². The van der Waals surface area contributed by atoms with Gasteiger partial charge in [0.1, 0.15) is 0 Å². The van der Waals surface area contributed by atoms with E-state index in [1.165, 1.54) is 51.6 Å². The zero-order valence-corrected chi connectivity index (χ0v) is 12.6. The van der Waals surface area contributed by atoms with Crippen molar-refractivity contribution in [1.29, 1.82) is 0 Å². The molecule has 0 aromatic carbocycles. The van der Waals surface area contributed by atoms with Crippen molar-refractivity contribution in [3.63, 3.8) is 0 Å². The first-order valence-corrected chi connectivity index (χ1v) is 8.25. The molecule has 3 heterocycles. The van der Waals surface area contributed by atoms with Gasteiger partial charge in [-0.25, -0.2) is 0 Å². The van der Waals surface area contributed by atoms with Gasteiger partial charge in [-0.15, -0.1) is 0 Å². The maximum absolute atomic E-state index is 5.62. The molecule has 110 valence electrons. The van der Waals surface area contributed by atoms with Gasteiger partial charge in [-0.05, 0) is 63.5 Å². The smallest absolute Gasteiger partial charge is 0.0724 e. The molecule has 0 spiro atoms. The second-order valence-electron chi connectivity index (χ2n) is 7.10. The third-order valence-electron chi connectivity index (χ3n) is 5.70. The number of rotatable bonds is 4. The van der Waals surface area contributed by atoms with Gasteiger partial charge < -0.3 is 15.0 Å². The molecule has 0 saturated carbocycles. The minimum Gasteiger partial charge on any atom is -0.380 e. The lowest BCUT2D eigenvalue weighted by Gasteiger charge is -2.37. The fraction of sp³-hybridized carbons (Fsp3) is 1.00. The molecule has 3 rings (SSSR count). The maximum atomic E-state index is 5.62. The van der Waals surface area contributed by atoms with Crippen LogP contribution < -0.4 is 5.32 Å². The lowest BCUT2D eigenvalue weighted by Crippen LogP contribution is -2.45. The van der Waals surface area contributed by atoms with Crippen LogP contribution in [0.1, 0.15) is 45.4 Å². The zero-order chi connectivity index (χ0) is 13.2. The van der Waals surface area contributed by atoms with Gasteiger partial charge in [0, 0.05) is 25.7 Å². The van der Waals surface area contributed by atoms with Gasteiger partial charge in [0.15, 0.2) is 0 Å². The summed E-state index contributed by atoms with van der Waals surface area (Å²) in [5, 5.41) is 3.75. The maximum Gasteiger partial charge on any atom is 0.0724 e. The van der Waals surface area contributed by atoms with Crippen LogP contribution >= 0.6 is 0 Å². The summed E-state index contributed by atoms with van der Waals surface area (Å²) in [7, 11) is 1.87. The van der Waals surface area contributed by atoms with E-state index in [1.807, 2.05) is 7.11 Å². The molecule has 3 saturated heterocycles. The topological polar surface area (TPSA) is 24.5 Å². The van der Waals surface area contributed by atoms with Gasteiger partial charge in [-0.1, -0.05) is 6.92 Å². The summed E-state index contributed by atoms with van der Waals surface area (Å²) >= 11 is 0. The number of nitrogens with zero attached hydrogens (tertiary/aromatic N) is 1. The van der Waals surface area contributed by atoms with Crippen molar-refractivity contribution >= 4 is 0 Å². The number of methoxy groups -OCH3 is 1. The number of ether oxygens (including phenoxy) is 1. The molecule has 3 heteroatoms. The molecular weight excluding hydrogens is 236 g/mol. The second-order valence-corrected chi connectivity index (χ2v) is 7.10. The molecule has 0 amide bonds. The highest BCUT2D eigenvalue weighted by Gasteiger charge is 2.33. The molecule has 4 unspecified atom stereocenters. The van der Waals surface area contributed by atoms with Crippen molar-refractivity contribution in [2.45, 2.75) is 63.6 Å². The van der Waals surface area contributed by atoms with Gasteiger partial charge in [0.2, 0.25) is 0 Å². The van der Waals surface area contributed by atoms with Gasteiger partial charge >= 0.3 is 0 Å². The number of nitrogens with one attached hydrogen (secondary N) is 1. The predicted molar refractivity (Wildman–Crippen MR) is 78.3 cm³/mol. The third-order valence-corrected chi connectivity index (χ3v) is 5.70. The van der Waals surface area contributed by atoms with E-state index in [0.29, 0.717) is 6.10 Å². The summed E-state index contributed by atoms with van der Waals surface area (Å²) in [6, 6.07) is 1.69. The Labute approximate surface area is 118 Å². The molecule has 2 bridgehead atoms. The fourth-order valence-corrected chi connectivity index (χ4v) is 4.38. The third kappa shape index (κ3) is 3.32. The zero-order valence-electron chi connectivity index (χ0n) is 12.6. The molecule has 0 aromatic rings. The molecule has 3 fully saturated rings. The highest BCUT2D eigenvalue weighted by molar-refractivity contribution is 4.92. The Balaban J connectivity index is 1.42. The van der Waals surface area contributed by atoms with Gasteiger partial charge in [0.05, 0.1) is 6.10 Å². The Bertz CT molecular complexity index is 284. The molecular formula is C16H30N2O. The number of hydrogen-bond donors (Lipinski definition) is 1. The van der Waals surface area contributed by atoms with Crippen LogP contribution in [-0.2, 0) is 4.74 Å². The van der Waals surface area contributed by atoms with E-state index in [2.05, 4.69) is 17.1 Å². The van der Waals surface area contributed by atoms with Gasteiger partial charge in [-0.3, -0.25) is 0 Å². The lowest BCUT2D eigenvalue weighted by molar-refractivity contribution is -0.00680. The summed E-state index contributed by atoms with van der Waals surface area (Å²) in [5.41, 5.74) is 0. The van der Waals surface area contributed by atoms with Crippen molar-refractivity contribution in [3.8, 4) is 0 Å². The lowest BCUT2D eigenvalue weighted by atomic mass is 9.89. The van der Waals surface area contributed by atoms with Crippen LogP contribution in [0.25, 0.3) is 0 Å². The van der Waals surface area contributed by atoms with E-state index in [0.717, 1.165) is 30.5 Å². The Morgan fingerprint density at radius 3 is 2.58 bits per heavy atom. The average Bonchev–Trinajstić information content (AvgIpc) is 2.77. The summed E-state index contributed by atoms with van der Waals surface area (Å²) in [6.45, 7) is 6.04. The van der Waals surface area contributed by atoms with E-state index in [4.69, 9.17) is 4.74 Å². The van der Waals surface area contributed by atoms with E-state index in [9.17, 15) is 0 Å². The number of fused-ring (bicyclic) bond motifs is 2. The minimum absolute atomic E-state index is 0.456. The van der Waals surface area contributed by atoms with Crippen molar-refractivity contribution in [1.82, 2.24) is 10.2 Å². The molecule has 3 aliphatic rings. The van der Waals surface area contributed by atoms with Crippen molar-refractivity contribution in [2.24, 2.45) is 11.8 Å². The number of piperidine rings is 2. The highest BCUT2D eigenvalue weighted by atomic mass is 16.5. The quantitative estimate of drug-likeness (QED) is 0.845. The summed E-state index contributed by atoms with van der Waals surface area (Å²) in [5.74, 6) is 1.70. The highest BCUT2D eigenvalue weighted by Crippen LogP contribution is 2.33. The van der Waals surface area contributed by atoms with Crippen LogP contribution in [0.5, 0.6) is 0 Å². The molecule has 19 heavy (non-hydrogen) atoms. The fourth-order valence-electron chi connectivity index (χ4n) is 4.38. The first-order chi connectivity index (χ1) is 9.24. The Hall–Kier alpha value is -0.120. The Kier molecular flexibility index (Phi) is 4.45. The summed E-state index contributed by atoms with van der Waals surface area (Å²) < 4.78 is 5.62. The van der Waals surface area contributed by atoms with Crippen molar-refractivity contribution in [3.05, 3.63) is 0 Å². The van der Waals surface area contributed by atoms with E-state index in [1.54, 1.807) is 0 Å². The largest absolute Gasteiger partial charge is 0.380 e. The molecule has 0 aromatic heterocycles. The number of likely N-dealkylation sites (tertiary alicyclic amines) is 1. The van der Waals surface area contributed by atoms with Crippen LogP contribution in [0.15, 0.2) is 0 Å². The number of hydrogen-bond acceptors (Lipinski definition) is 3. The predicted octanol–water partition coefficient (Wildman–Crippen LogP) is 2.26. The molecule has 0 aliphatic carbocycles. The van der Waals surface area contributed by atoms with Gasteiger partial charge in [0.25, 0.3) is 0 Å². The monoisotopic (exact) mass is 266 g/mol. The Morgan fingerprint density at radius 1 is 1.16 bits per heavy atom. The first-order valence-electron chi connectivity index (χ1n) is 8.25. The van der Waals surface area contributed by atoms with E-state index in [-0.39, 0.29) is 0 Å². The average molecular weight is 266 g/mol. The SMILES string of the molecule is COC1CN(CCC2CC3CCC(C2)N3)CCC1C. The van der Waals surface area contributed by atoms with Crippen molar-refractivity contribution in [2.75, 3.05) is 26.7 Å². The van der Waals surface area contributed by atoms with Crippen molar-refractivity contribution < 1.29 is 4.74 Å². The second kappa shape index (κ2) is 6.11. The van der Waals surface area contributed by atoms with Crippen LogP contribution in [0.4, 0.5) is 0 Å². The summed E-state index contributed by atoms with van der Waals surface area (Å²) in [6.07, 6.45) is 8.86. The normalized spacial score (nSPS) is 43.6. The Morgan fingerprint density at radius 2 is 1.89 bits per heavy atom. The molecule has 3 nitrogen and oxygen atoms in total. The van der Waals surface area contributed by atoms with Crippen LogP contribution in [-0.4, -0.2) is 49.8 Å². The first kappa shape index (κ1) is 13.8. The molecule has 0 radical (unpaired) electrons. The van der Waals surface area contributed by atoms with Crippen LogP contribution in [0.2, 0.25) is 0 Å². The van der Waals surface area contributed by atoms with Crippen LogP contribution in [0, 0.1) is 11.8 Å². The molecule has 1 N–H and O–H groups in total. The standard InChI is InChI=1S/C16H30N2O/c1-12-5-7-18(11-16(12)19-2)8-6-13-9-14-3-4-15(10-13)17-14/h12-17H,3-11H2,1-2H3. The minimum atomic E-state index is 0.456. The van der Waals surface area contributed by atoms with Crippen LogP contribution in [0.3, 0.4) is 0 Å². The van der Waals surface area contributed by atoms with E-state index >= 15 is 0 Å².